The summed E-state index contributed by atoms with van der Waals surface area (Å²) in [6, 6.07) is 28.1. The number of fused-ring (bicyclic) bond motifs is 1. The Balaban J connectivity index is 1.65. The third kappa shape index (κ3) is 4.57. The molecule has 7 heteroatoms. The summed E-state index contributed by atoms with van der Waals surface area (Å²) in [5.74, 6) is 1.64. The molecule has 1 heterocycles. The van der Waals surface area contributed by atoms with Crippen molar-refractivity contribution in [1.82, 2.24) is 9.78 Å². The normalized spacial score (nSPS) is 11.5. The SMILES string of the molecule is COc1ccccc1Oc1cccc(-c2c3cccc(C(F)(F)F)c3nn2Cc2ccccc2)c1. The average Bonchev–Trinajstić information content (AvgIpc) is 3.22. The van der Waals surface area contributed by atoms with Gasteiger partial charge in [0.1, 0.15) is 11.3 Å². The molecule has 0 N–H and O–H groups in total. The second-order valence-electron chi connectivity index (χ2n) is 7.97. The van der Waals surface area contributed by atoms with Crippen LogP contribution in [0.4, 0.5) is 13.2 Å². The van der Waals surface area contributed by atoms with E-state index in [0.717, 1.165) is 11.6 Å². The van der Waals surface area contributed by atoms with Crippen LogP contribution in [-0.2, 0) is 12.7 Å². The molecule has 0 aliphatic heterocycles. The number of rotatable bonds is 6. The Morgan fingerprint density at radius 2 is 1.51 bits per heavy atom. The van der Waals surface area contributed by atoms with Crippen molar-refractivity contribution in [2.75, 3.05) is 7.11 Å². The summed E-state index contributed by atoms with van der Waals surface area (Å²) in [5, 5.41) is 4.85. The summed E-state index contributed by atoms with van der Waals surface area (Å²) in [5.41, 5.74) is 1.36. The number of benzene rings is 4. The van der Waals surface area contributed by atoms with E-state index in [1.807, 2.05) is 48.5 Å². The summed E-state index contributed by atoms with van der Waals surface area (Å²) in [4.78, 5) is 0. The molecule has 0 fully saturated rings. The fraction of sp³-hybridized carbons (Fsp3) is 0.107. The number of para-hydroxylation sites is 2. The molecular formula is C28H21F3N2O2. The van der Waals surface area contributed by atoms with Crippen molar-refractivity contribution < 1.29 is 22.6 Å². The first-order chi connectivity index (χ1) is 16.9. The molecule has 5 aromatic rings. The number of hydrogen-bond donors (Lipinski definition) is 0. The van der Waals surface area contributed by atoms with Crippen molar-refractivity contribution in [3.63, 3.8) is 0 Å². The van der Waals surface area contributed by atoms with Crippen molar-refractivity contribution in [2.24, 2.45) is 0 Å². The van der Waals surface area contributed by atoms with Gasteiger partial charge in [-0.2, -0.15) is 18.3 Å². The smallest absolute Gasteiger partial charge is 0.418 e. The maximum absolute atomic E-state index is 13.8. The van der Waals surface area contributed by atoms with E-state index in [-0.39, 0.29) is 5.52 Å². The van der Waals surface area contributed by atoms with E-state index < -0.39 is 11.7 Å². The van der Waals surface area contributed by atoms with Crippen LogP contribution in [0.3, 0.4) is 0 Å². The quantitative estimate of drug-likeness (QED) is 0.255. The highest BCUT2D eigenvalue weighted by atomic mass is 19.4. The number of methoxy groups -OCH3 is 1. The Morgan fingerprint density at radius 1 is 0.800 bits per heavy atom. The molecule has 35 heavy (non-hydrogen) atoms. The van der Waals surface area contributed by atoms with Gasteiger partial charge < -0.3 is 9.47 Å². The molecule has 4 aromatic carbocycles. The van der Waals surface area contributed by atoms with E-state index in [0.29, 0.717) is 40.4 Å². The first kappa shape index (κ1) is 22.5. The van der Waals surface area contributed by atoms with Crippen molar-refractivity contribution in [2.45, 2.75) is 12.7 Å². The minimum Gasteiger partial charge on any atom is -0.493 e. The van der Waals surface area contributed by atoms with Crippen molar-refractivity contribution >= 4 is 10.9 Å². The molecule has 0 amide bonds. The molecule has 0 aliphatic rings. The van der Waals surface area contributed by atoms with Gasteiger partial charge in [-0.1, -0.05) is 66.7 Å². The summed E-state index contributed by atoms with van der Waals surface area (Å²) in [6.45, 7) is 0.319. The Bertz CT molecular complexity index is 1480. The lowest BCUT2D eigenvalue weighted by atomic mass is 10.0. The first-order valence-electron chi connectivity index (χ1n) is 11.0. The van der Waals surface area contributed by atoms with Gasteiger partial charge in [-0.3, -0.25) is 4.68 Å². The number of alkyl halides is 3. The summed E-state index contributed by atoms with van der Waals surface area (Å²) >= 11 is 0. The van der Waals surface area contributed by atoms with Crippen LogP contribution >= 0.6 is 0 Å². The predicted octanol–water partition coefficient (Wildman–Crippen LogP) is 7.57. The molecule has 0 aliphatic carbocycles. The van der Waals surface area contributed by atoms with Gasteiger partial charge in [0, 0.05) is 10.9 Å². The summed E-state index contributed by atoms with van der Waals surface area (Å²) in [7, 11) is 1.56. The molecule has 0 unspecified atom stereocenters. The standard InChI is InChI=1S/C28H21F3N2O2/c1-34-24-15-5-6-16-25(24)35-21-12-7-11-20(17-21)27-22-13-8-14-23(28(29,30)31)26(22)32-33(27)18-19-9-3-2-4-10-19/h2-17H,18H2,1H3. The van der Waals surface area contributed by atoms with Crippen LogP contribution in [0, 0.1) is 0 Å². The monoisotopic (exact) mass is 474 g/mol. The van der Waals surface area contributed by atoms with Crippen LogP contribution < -0.4 is 9.47 Å². The number of nitrogens with zero attached hydrogens (tertiary/aromatic N) is 2. The maximum Gasteiger partial charge on any atom is 0.418 e. The van der Waals surface area contributed by atoms with Crippen LogP contribution in [0.1, 0.15) is 11.1 Å². The lowest BCUT2D eigenvalue weighted by molar-refractivity contribution is -0.136. The van der Waals surface area contributed by atoms with Crippen molar-refractivity contribution in [3.8, 4) is 28.5 Å². The highest BCUT2D eigenvalue weighted by Gasteiger charge is 2.34. The molecule has 5 rings (SSSR count). The third-order valence-corrected chi connectivity index (χ3v) is 5.65. The number of halogens is 3. The zero-order valence-corrected chi connectivity index (χ0v) is 18.8. The van der Waals surface area contributed by atoms with Gasteiger partial charge in [-0.25, -0.2) is 0 Å². The fourth-order valence-corrected chi connectivity index (χ4v) is 4.09. The average molecular weight is 474 g/mol. The number of ether oxygens (including phenoxy) is 2. The molecule has 0 bridgehead atoms. The van der Waals surface area contributed by atoms with Crippen LogP contribution in [0.15, 0.2) is 97.1 Å². The van der Waals surface area contributed by atoms with Gasteiger partial charge in [0.25, 0.3) is 0 Å². The largest absolute Gasteiger partial charge is 0.493 e. The van der Waals surface area contributed by atoms with Gasteiger partial charge in [-0.15, -0.1) is 0 Å². The van der Waals surface area contributed by atoms with Gasteiger partial charge >= 0.3 is 6.18 Å². The molecule has 1 aromatic heterocycles. The van der Waals surface area contributed by atoms with Gasteiger partial charge in [-0.05, 0) is 35.9 Å². The van der Waals surface area contributed by atoms with Gasteiger partial charge in [0.05, 0.1) is 24.9 Å². The minimum absolute atomic E-state index is 0.0815. The molecule has 0 radical (unpaired) electrons. The highest BCUT2D eigenvalue weighted by Crippen LogP contribution is 2.39. The summed E-state index contributed by atoms with van der Waals surface area (Å²) in [6.07, 6.45) is -4.52. The molecule has 0 spiro atoms. The van der Waals surface area contributed by atoms with E-state index in [9.17, 15) is 13.2 Å². The van der Waals surface area contributed by atoms with Crippen molar-refractivity contribution in [3.05, 3.63) is 108 Å². The Morgan fingerprint density at radius 3 is 2.26 bits per heavy atom. The topological polar surface area (TPSA) is 36.3 Å². The molecule has 176 valence electrons. The highest BCUT2D eigenvalue weighted by molar-refractivity contribution is 5.95. The molecule has 0 saturated carbocycles. The lowest BCUT2D eigenvalue weighted by Crippen LogP contribution is -2.06. The van der Waals surface area contributed by atoms with E-state index >= 15 is 0 Å². The fourth-order valence-electron chi connectivity index (χ4n) is 4.09. The van der Waals surface area contributed by atoms with Crippen LogP contribution in [0.2, 0.25) is 0 Å². The van der Waals surface area contributed by atoms with Gasteiger partial charge in [0.15, 0.2) is 11.5 Å². The van der Waals surface area contributed by atoms with Crippen LogP contribution in [0.25, 0.3) is 22.2 Å². The molecule has 0 saturated heterocycles. The summed E-state index contributed by atoms with van der Waals surface area (Å²) < 4.78 is 54.4. The second kappa shape index (κ2) is 9.18. The van der Waals surface area contributed by atoms with E-state index in [1.165, 1.54) is 6.07 Å². The third-order valence-electron chi connectivity index (χ3n) is 5.65. The maximum atomic E-state index is 13.8. The van der Waals surface area contributed by atoms with E-state index in [2.05, 4.69) is 5.10 Å². The van der Waals surface area contributed by atoms with Gasteiger partial charge in [0.2, 0.25) is 0 Å². The second-order valence-corrected chi connectivity index (χ2v) is 7.97. The predicted molar refractivity (Wildman–Crippen MR) is 129 cm³/mol. The zero-order chi connectivity index (χ0) is 24.4. The Labute approximate surface area is 200 Å². The first-order valence-corrected chi connectivity index (χ1v) is 11.0. The molecule has 4 nitrogen and oxygen atoms in total. The minimum atomic E-state index is -4.52. The van der Waals surface area contributed by atoms with Crippen LogP contribution in [0.5, 0.6) is 17.2 Å². The Kier molecular flexibility index (Phi) is 5.91. The number of aromatic nitrogens is 2. The number of hydrogen-bond acceptors (Lipinski definition) is 3. The van der Waals surface area contributed by atoms with E-state index in [4.69, 9.17) is 9.47 Å². The Hall–Kier alpha value is -4.26. The zero-order valence-electron chi connectivity index (χ0n) is 18.8. The van der Waals surface area contributed by atoms with E-state index in [1.54, 1.807) is 48.2 Å². The molecular weight excluding hydrogens is 453 g/mol. The molecule has 0 atom stereocenters. The lowest BCUT2D eigenvalue weighted by Gasteiger charge is -2.12. The van der Waals surface area contributed by atoms with Crippen molar-refractivity contribution in [1.29, 1.82) is 0 Å². The van der Waals surface area contributed by atoms with Crippen LogP contribution in [-0.4, -0.2) is 16.9 Å².